The summed E-state index contributed by atoms with van der Waals surface area (Å²) in [7, 11) is 0. The van der Waals surface area contributed by atoms with Gasteiger partial charge in [0.15, 0.2) is 0 Å². The number of anilines is 3. The Kier molecular flexibility index (Phi) is 7.22. The highest BCUT2D eigenvalue weighted by molar-refractivity contribution is 6.53. The van der Waals surface area contributed by atoms with Crippen molar-refractivity contribution >= 4 is 52.3 Å². The first-order chi connectivity index (χ1) is 17.9. The molecule has 4 N–H and O–H groups in total. The molecule has 12 heteroatoms. The lowest BCUT2D eigenvalue weighted by Crippen LogP contribution is -2.32. The molecule has 0 fully saturated rings. The van der Waals surface area contributed by atoms with Crippen LogP contribution in [0.1, 0.15) is 21.5 Å². The third kappa shape index (κ3) is 5.68. The summed E-state index contributed by atoms with van der Waals surface area (Å²) in [6.07, 6.45) is -4.64. The van der Waals surface area contributed by atoms with Crippen LogP contribution in [-0.4, -0.2) is 23.6 Å². The molecule has 0 bridgehead atoms. The summed E-state index contributed by atoms with van der Waals surface area (Å²) in [5, 5.41) is 4.94. The molecule has 8 nitrogen and oxygen atoms in total. The molecule has 0 aromatic heterocycles. The topological polar surface area (TPSA) is 122 Å². The molecule has 0 atom stereocenters. The molecule has 0 unspecified atom stereocenters. The van der Waals surface area contributed by atoms with Gasteiger partial charge in [-0.1, -0.05) is 29.8 Å². The number of imide groups is 1. The fourth-order valence-corrected chi connectivity index (χ4v) is 3.84. The highest BCUT2D eigenvalue weighted by Gasteiger charge is 2.40. The first-order valence-corrected chi connectivity index (χ1v) is 11.3. The minimum Gasteiger partial charge on any atom is -0.366 e. The second-order valence-corrected chi connectivity index (χ2v) is 8.55. The molecule has 0 aliphatic carbocycles. The Morgan fingerprint density at radius 3 is 2.13 bits per heavy atom. The largest absolute Gasteiger partial charge is 0.416 e. The molecule has 4 amide bonds. The predicted molar refractivity (Wildman–Crippen MR) is 134 cm³/mol. The summed E-state index contributed by atoms with van der Waals surface area (Å²) in [5.41, 5.74) is 5.38. The molecule has 4 rings (SSSR count). The summed E-state index contributed by atoms with van der Waals surface area (Å²) in [6, 6.07) is 16.2. The van der Waals surface area contributed by atoms with Gasteiger partial charge in [-0.25, -0.2) is 4.90 Å². The quantitative estimate of drug-likeness (QED) is 0.382. The van der Waals surface area contributed by atoms with Gasteiger partial charge in [-0.15, -0.1) is 0 Å². The zero-order valence-electron chi connectivity index (χ0n) is 19.3. The fraction of sp³-hybridized carbons (Fsp3) is 0.0769. The number of carbonyl (C=O) groups excluding carboxylic acids is 4. The molecule has 1 aliphatic heterocycles. The average Bonchev–Trinajstić information content (AvgIpc) is 3.08. The smallest absolute Gasteiger partial charge is 0.366 e. The van der Waals surface area contributed by atoms with Gasteiger partial charge in [-0.2, -0.15) is 13.2 Å². The predicted octanol–water partition coefficient (Wildman–Crippen LogP) is 4.42. The van der Waals surface area contributed by atoms with Gasteiger partial charge in [0, 0.05) is 16.9 Å². The SMILES string of the molecule is NC(=O)c1ccc(NC(=O)Cc2ccc(NC3=C(Cl)C(=O)N(c4cccc(C(F)(F)F)c4)C3=O)cc2)cc1. The number of benzene rings is 3. The van der Waals surface area contributed by atoms with E-state index in [1.807, 2.05) is 0 Å². The van der Waals surface area contributed by atoms with Gasteiger partial charge in [0.05, 0.1) is 17.7 Å². The molecule has 0 spiro atoms. The maximum Gasteiger partial charge on any atom is 0.416 e. The van der Waals surface area contributed by atoms with Gasteiger partial charge in [0.2, 0.25) is 11.8 Å². The number of amides is 4. The Labute approximate surface area is 218 Å². The van der Waals surface area contributed by atoms with Crippen LogP contribution in [0.3, 0.4) is 0 Å². The van der Waals surface area contributed by atoms with Crippen molar-refractivity contribution in [2.75, 3.05) is 15.5 Å². The Bertz CT molecular complexity index is 1470. The highest BCUT2D eigenvalue weighted by Crippen LogP contribution is 2.35. The summed E-state index contributed by atoms with van der Waals surface area (Å²) >= 11 is 6.06. The normalized spacial score (nSPS) is 13.6. The zero-order valence-corrected chi connectivity index (χ0v) is 20.1. The molecule has 194 valence electrons. The van der Waals surface area contributed by atoms with Gasteiger partial charge in [-0.3, -0.25) is 19.2 Å². The fourth-order valence-electron chi connectivity index (χ4n) is 3.63. The number of nitrogens with one attached hydrogen (secondary N) is 2. The second kappa shape index (κ2) is 10.4. The van der Waals surface area contributed by atoms with E-state index in [2.05, 4.69) is 10.6 Å². The molecule has 0 radical (unpaired) electrons. The third-order valence-electron chi connectivity index (χ3n) is 5.50. The van der Waals surface area contributed by atoms with Crippen LogP contribution in [0.5, 0.6) is 0 Å². The summed E-state index contributed by atoms with van der Waals surface area (Å²) in [4.78, 5) is 49.5. The maximum absolute atomic E-state index is 13.1. The van der Waals surface area contributed by atoms with E-state index in [1.165, 1.54) is 18.2 Å². The van der Waals surface area contributed by atoms with Crippen LogP contribution < -0.4 is 21.3 Å². The van der Waals surface area contributed by atoms with E-state index in [4.69, 9.17) is 17.3 Å². The van der Waals surface area contributed by atoms with E-state index in [9.17, 15) is 32.3 Å². The lowest BCUT2D eigenvalue weighted by atomic mass is 10.1. The van der Waals surface area contributed by atoms with Crippen molar-refractivity contribution in [2.45, 2.75) is 12.6 Å². The van der Waals surface area contributed by atoms with E-state index in [1.54, 1.807) is 36.4 Å². The first kappa shape index (κ1) is 26.4. The molecular formula is C26H18ClF3N4O4. The molecule has 1 aliphatic rings. The Morgan fingerprint density at radius 1 is 0.895 bits per heavy atom. The van der Waals surface area contributed by atoms with Crippen LogP contribution in [0.15, 0.2) is 83.5 Å². The standard InChI is InChI=1S/C26H18ClF3N4O4/c27-21-22(25(38)34(24(21)37)19-3-1-2-16(13-19)26(28,29)30)33-18-8-4-14(5-9-18)12-20(35)32-17-10-6-15(7-11-17)23(31)36/h1-11,13,33H,12H2,(H2,31,36)(H,32,35). The van der Waals surface area contributed by atoms with Gasteiger partial charge in [-0.05, 0) is 60.2 Å². The first-order valence-electron chi connectivity index (χ1n) is 11.0. The van der Waals surface area contributed by atoms with Gasteiger partial charge < -0.3 is 16.4 Å². The highest BCUT2D eigenvalue weighted by atomic mass is 35.5. The van der Waals surface area contributed by atoms with E-state index < -0.39 is 34.5 Å². The molecule has 38 heavy (non-hydrogen) atoms. The lowest BCUT2D eigenvalue weighted by Gasteiger charge is -2.17. The molecule has 3 aromatic carbocycles. The van der Waals surface area contributed by atoms with Crippen LogP contribution in [0.2, 0.25) is 0 Å². The van der Waals surface area contributed by atoms with Crippen molar-refractivity contribution in [1.82, 2.24) is 0 Å². The van der Waals surface area contributed by atoms with Crippen molar-refractivity contribution in [3.05, 3.63) is 100 Å². The van der Waals surface area contributed by atoms with Crippen molar-refractivity contribution in [1.29, 1.82) is 0 Å². The number of rotatable bonds is 7. The van der Waals surface area contributed by atoms with Crippen LogP contribution in [-0.2, 0) is 27.0 Å². The molecular weight excluding hydrogens is 525 g/mol. The number of hydrogen-bond donors (Lipinski definition) is 3. The number of alkyl halides is 3. The number of halogens is 4. The van der Waals surface area contributed by atoms with E-state index in [0.29, 0.717) is 33.5 Å². The van der Waals surface area contributed by atoms with E-state index in [-0.39, 0.29) is 23.7 Å². The zero-order chi connectivity index (χ0) is 27.6. The van der Waals surface area contributed by atoms with E-state index in [0.717, 1.165) is 12.1 Å². The molecule has 3 aromatic rings. The minimum absolute atomic E-state index is 0.0159. The van der Waals surface area contributed by atoms with Crippen LogP contribution in [0.25, 0.3) is 0 Å². The Balaban J connectivity index is 1.41. The van der Waals surface area contributed by atoms with Crippen LogP contribution >= 0.6 is 11.6 Å². The van der Waals surface area contributed by atoms with Crippen molar-refractivity contribution in [3.8, 4) is 0 Å². The van der Waals surface area contributed by atoms with Crippen molar-refractivity contribution < 1.29 is 32.3 Å². The number of nitrogens with two attached hydrogens (primary N) is 1. The third-order valence-corrected chi connectivity index (χ3v) is 5.85. The Hall–Kier alpha value is -4.64. The Morgan fingerprint density at radius 2 is 1.53 bits per heavy atom. The van der Waals surface area contributed by atoms with Crippen LogP contribution in [0.4, 0.5) is 30.2 Å². The average molecular weight is 543 g/mol. The van der Waals surface area contributed by atoms with Gasteiger partial charge in [0.1, 0.15) is 10.7 Å². The molecule has 0 saturated carbocycles. The summed E-state index contributed by atoms with van der Waals surface area (Å²) in [5.74, 6) is -2.78. The van der Waals surface area contributed by atoms with Crippen molar-refractivity contribution in [3.63, 3.8) is 0 Å². The van der Waals surface area contributed by atoms with Gasteiger partial charge >= 0.3 is 6.18 Å². The number of primary amides is 1. The monoisotopic (exact) mass is 542 g/mol. The summed E-state index contributed by atoms with van der Waals surface area (Å²) < 4.78 is 39.2. The second-order valence-electron chi connectivity index (χ2n) is 8.17. The minimum atomic E-state index is -4.66. The number of hydrogen-bond acceptors (Lipinski definition) is 5. The maximum atomic E-state index is 13.1. The number of nitrogens with zero attached hydrogens (tertiary/aromatic N) is 1. The van der Waals surface area contributed by atoms with Gasteiger partial charge in [0.25, 0.3) is 11.8 Å². The lowest BCUT2D eigenvalue weighted by molar-refractivity contribution is -0.137. The summed E-state index contributed by atoms with van der Waals surface area (Å²) in [6.45, 7) is 0. The number of carbonyl (C=O) groups is 4. The van der Waals surface area contributed by atoms with E-state index >= 15 is 0 Å². The van der Waals surface area contributed by atoms with Crippen LogP contribution in [0, 0.1) is 0 Å². The molecule has 0 saturated heterocycles. The van der Waals surface area contributed by atoms with Crippen molar-refractivity contribution in [2.24, 2.45) is 5.73 Å². The molecule has 1 heterocycles.